The fraction of sp³-hybridized carbons (Fsp3) is 0.438. The van der Waals surface area contributed by atoms with Crippen LogP contribution in [0.4, 0.5) is 4.39 Å². The number of hydrogen-bond acceptors (Lipinski definition) is 5. The highest BCUT2D eigenvalue weighted by Crippen LogP contribution is 2.30. The SMILES string of the molecule is NC(=O)c1noc([C@H]2CCCN2CCCc2cccc(F)c2)n1. The first kappa shape index (κ1) is 15.6. The van der Waals surface area contributed by atoms with E-state index in [1.54, 1.807) is 12.1 Å². The summed E-state index contributed by atoms with van der Waals surface area (Å²) in [4.78, 5) is 17.4. The summed E-state index contributed by atoms with van der Waals surface area (Å²) < 4.78 is 18.3. The Morgan fingerprint density at radius 2 is 2.35 bits per heavy atom. The van der Waals surface area contributed by atoms with Crippen molar-refractivity contribution in [3.8, 4) is 0 Å². The number of carbonyl (C=O) groups excluding carboxylic acids is 1. The molecule has 23 heavy (non-hydrogen) atoms. The first-order valence-electron chi connectivity index (χ1n) is 7.75. The van der Waals surface area contributed by atoms with Crippen LogP contribution in [0.2, 0.25) is 0 Å². The fourth-order valence-corrected chi connectivity index (χ4v) is 3.02. The summed E-state index contributed by atoms with van der Waals surface area (Å²) in [7, 11) is 0. The van der Waals surface area contributed by atoms with E-state index < -0.39 is 5.91 Å². The number of nitrogens with two attached hydrogens (primary N) is 1. The Bertz CT molecular complexity index is 688. The Hall–Kier alpha value is -2.28. The van der Waals surface area contributed by atoms with E-state index in [2.05, 4.69) is 15.0 Å². The highest BCUT2D eigenvalue weighted by Gasteiger charge is 2.30. The van der Waals surface area contributed by atoms with E-state index >= 15 is 0 Å². The van der Waals surface area contributed by atoms with Crippen molar-refractivity contribution in [2.45, 2.75) is 31.7 Å². The van der Waals surface area contributed by atoms with Gasteiger partial charge in [-0.15, -0.1) is 0 Å². The van der Waals surface area contributed by atoms with Crippen LogP contribution in [0, 0.1) is 5.82 Å². The standard InChI is InChI=1S/C16H19FN4O2/c17-12-6-1-4-11(10-12)5-2-8-21-9-3-7-13(21)16-19-15(14(18)22)20-23-16/h1,4,6,10,13H,2-3,5,7-9H2,(H2,18,22)/t13-/m1/s1. The molecule has 3 rings (SSSR count). The molecule has 1 amide bonds. The third-order valence-corrected chi connectivity index (χ3v) is 4.11. The molecule has 1 aliphatic heterocycles. The molecule has 2 N–H and O–H groups in total. The molecule has 2 heterocycles. The van der Waals surface area contributed by atoms with Gasteiger partial charge in [0.05, 0.1) is 6.04 Å². The Labute approximate surface area is 133 Å². The zero-order valence-electron chi connectivity index (χ0n) is 12.7. The summed E-state index contributed by atoms with van der Waals surface area (Å²) in [6.07, 6.45) is 3.69. The van der Waals surface area contributed by atoms with Gasteiger partial charge in [0.1, 0.15) is 5.82 Å². The van der Waals surface area contributed by atoms with Crippen LogP contribution in [0.1, 0.15) is 47.4 Å². The number of aryl methyl sites for hydroxylation is 1. The van der Waals surface area contributed by atoms with Gasteiger partial charge in [-0.1, -0.05) is 17.3 Å². The largest absolute Gasteiger partial charge is 0.363 e. The Morgan fingerprint density at radius 3 is 3.09 bits per heavy atom. The van der Waals surface area contributed by atoms with Crippen molar-refractivity contribution >= 4 is 5.91 Å². The van der Waals surface area contributed by atoms with Gasteiger partial charge in [-0.05, 0) is 56.5 Å². The first-order valence-corrected chi connectivity index (χ1v) is 7.75. The lowest BCUT2D eigenvalue weighted by Crippen LogP contribution is -2.25. The Morgan fingerprint density at radius 1 is 1.48 bits per heavy atom. The van der Waals surface area contributed by atoms with Gasteiger partial charge in [0, 0.05) is 0 Å². The van der Waals surface area contributed by atoms with Gasteiger partial charge in [-0.3, -0.25) is 9.69 Å². The minimum atomic E-state index is -0.685. The number of hydrogen-bond donors (Lipinski definition) is 1. The molecule has 6 nitrogen and oxygen atoms in total. The molecule has 0 spiro atoms. The summed E-state index contributed by atoms with van der Waals surface area (Å²) in [5.41, 5.74) is 6.14. The van der Waals surface area contributed by atoms with Gasteiger partial charge in [0.2, 0.25) is 5.89 Å². The van der Waals surface area contributed by atoms with Crippen LogP contribution < -0.4 is 5.73 Å². The van der Waals surface area contributed by atoms with E-state index in [0.29, 0.717) is 5.89 Å². The second kappa shape index (κ2) is 6.87. The predicted molar refractivity (Wildman–Crippen MR) is 81.1 cm³/mol. The fourth-order valence-electron chi connectivity index (χ4n) is 3.02. The van der Waals surface area contributed by atoms with Gasteiger partial charge in [0.15, 0.2) is 0 Å². The van der Waals surface area contributed by atoms with Crippen LogP contribution in [0.25, 0.3) is 0 Å². The molecule has 1 atom stereocenters. The summed E-state index contributed by atoms with van der Waals surface area (Å²) >= 11 is 0. The maximum absolute atomic E-state index is 13.2. The quantitative estimate of drug-likeness (QED) is 0.881. The van der Waals surface area contributed by atoms with Crippen LogP contribution in [0.15, 0.2) is 28.8 Å². The van der Waals surface area contributed by atoms with Crippen molar-refractivity contribution in [2.24, 2.45) is 5.73 Å². The molecule has 7 heteroatoms. The number of benzene rings is 1. The number of amides is 1. The maximum Gasteiger partial charge on any atom is 0.290 e. The van der Waals surface area contributed by atoms with Gasteiger partial charge in [0.25, 0.3) is 11.7 Å². The molecule has 0 aliphatic carbocycles. The molecule has 0 bridgehead atoms. The lowest BCUT2D eigenvalue weighted by atomic mass is 10.1. The number of halogens is 1. The highest BCUT2D eigenvalue weighted by atomic mass is 19.1. The van der Waals surface area contributed by atoms with Crippen LogP contribution in [-0.2, 0) is 6.42 Å². The van der Waals surface area contributed by atoms with Crippen molar-refractivity contribution in [3.63, 3.8) is 0 Å². The molecule has 1 aliphatic rings. The molecule has 1 aromatic carbocycles. The third-order valence-electron chi connectivity index (χ3n) is 4.11. The molecule has 1 saturated heterocycles. The molecule has 0 unspecified atom stereocenters. The second-order valence-electron chi connectivity index (χ2n) is 5.75. The van der Waals surface area contributed by atoms with Gasteiger partial charge in [-0.2, -0.15) is 4.98 Å². The van der Waals surface area contributed by atoms with E-state index in [4.69, 9.17) is 10.3 Å². The normalized spacial score (nSPS) is 18.4. The Kier molecular flexibility index (Phi) is 4.66. The summed E-state index contributed by atoms with van der Waals surface area (Å²) in [5, 5.41) is 3.60. The molecular formula is C16H19FN4O2. The second-order valence-corrected chi connectivity index (χ2v) is 5.75. The molecule has 0 radical (unpaired) electrons. The summed E-state index contributed by atoms with van der Waals surface area (Å²) in [6.45, 7) is 1.80. The van der Waals surface area contributed by atoms with Crippen LogP contribution in [0.5, 0.6) is 0 Å². The molecule has 122 valence electrons. The number of likely N-dealkylation sites (tertiary alicyclic amines) is 1. The van der Waals surface area contributed by atoms with Crippen LogP contribution in [0.3, 0.4) is 0 Å². The van der Waals surface area contributed by atoms with Crippen LogP contribution >= 0.6 is 0 Å². The molecular weight excluding hydrogens is 299 g/mol. The summed E-state index contributed by atoms with van der Waals surface area (Å²) in [6, 6.07) is 6.71. The predicted octanol–water partition coefficient (Wildman–Crippen LogP) is 2.08. The lowest BCUT2D eigenvalue weighted by Gasteiger charge is -2.21. The molecule has 2 aromatic rings. The molecule has 1 fully saturated rings. The maximum atomic E-state index is 13.2. The number of primary amides is 1. The van der Waals surface area contributed by atoms with Crippen LogP contribution in [-0.4, -0.2) is 34.0 Å². The third kappa shape index (κ3) is 3.73. The van der Waals surface area contributed by atoms with E-state index in [1.165, 1.54) is 6.07 Å². The summed E-state index contributed by atoms with van der Waals surface area (Å²) in [5.74, 6) is -0.518. The van der Waals surface area contributed by atoms with Crippen molar-refractivity contribution in [1.29, 1.82) is 0 Å². The average molecular weight is 318 g/mol. The average Bonchev–Trinajstić information content (AvgIpc) is 3.15. The number of rotatable bonds is 6. The highest BCUT2D eigenvalue weighted by molar-refractivity contribution is 5.88. The van der Waals surface area contributed by atoms with E-state index in [9.17, 15) is 9.18 Å². The zero-order valence-corrected chi connectivity index (χ0v) is 12.7. The van der Waals surface area contributed by atoms with Crippen molar-refractivity contribution < 1.29 is 13.7 Å². The van der Waals surface area contributed by atoms with Crippen molar-refractivity contribution in [3.05, 3.63) is 47.4 Å². The minimum Gasteiger partial charge on any atom is -0.363 e. The lowest BCUT2D eigenvalue weighted by molar-refractivity contribution is 0.0987. The van der Waals surface area contributed by atoms with Crippen molar-refractivity contribution in [2.75, 3.05) is 13.1 Å². The van der Waals surface area contributed by atoms with E-state index in [0.717, 1.165) is 44.3 Å². The minimum absolute atomic E-state index is 0.0307. The smallest absolute Gasteiger partial charge is 0.290 e. The first-order chi connectivity index (χ1) is 11.1. The van der Waals surface area contributed by atoms with Gasteiger partial charge < -0.3 is 10.3 Å². The number of carbonyl (C=O) groups is 1. The zero-order chi connectivity index (χ0) is 16.2. The van der Waals surface area contributed by atoms with Crippen molar-refractivity contribution in [1.82, 2.24) is 15.0 Å². The Balaban J connectivity index is 1.57. The topological polar surface area (TPSA) is 85.2 Å². The number of nitrogens with zero attached hydrogens (tertiary/aromatic N) is 3. The monoisotopic (exact) mass is 318 g/mol. The number of aromatic nitrogens is 2. The van der Waals surface area contributed by atoms with E-state index in [1.807, 2.05) is 6.07 Å². The molecule has 0 saturated carbocycles. The van der Waals surface area contributed by atoms with Gasteiger partial charge in [-0.25, -0.2) is 4.39 Å². The van der Waals surface area contributed by atoms with Gasteiger partial charge >= 0.3 is 0 Å². The van der Waals surface area contributed by atoms with E-state index in [-0.39, 0.29) is 17.7 Å². The molecule has 1 aromatic heterocycles.